The molecule has 1 aromatic carbocycles. The minimum absolute atomic E-state index is 0.296. The molecule has 2 aliphatic heterocycles. The molecule has 0 saturated carbocycles. The summed E-state index contributed by atoms with van der Waals surface area (Å²) in [7, 11) is 0. The van der Waals surface area contributed by atoms with E-state index in [1.165, 1.54) is 37.9 Å². The molecule has 2 fully saturated rings. The van der Waals surface area contributed by atoms with E-state index < -0.39 is 0 Å². The van der Waals surface area contributed by atoms with Gasteiger partial charge in [-0.15, -0.1) is 0 Å². The second kappa shape index (κ2) is 8.84. The van der Waals surface area contributed by atoms with Crippen LogP contribution in [-0.4, -0.2) is 49.9 Å². The van der Waals surface area contributed by atoms with Crippen molar-refractivity contribution in [3.63, 3.8) is 0 Å². The van der Waals surface area contributed by atoms with Crippen molar-refractivity contribution >= 4 is 0 Å². The van der Waals surface area contributed by atoms with E-state index in [9.17, 15) is 0 Å². The molecule has 0 amide bonds. The summed E-state index contributed by atoms with van der Waals surface area (Å²) in [6, 6.07) is 8.45. The van der Waals surface area contributed by atoms with Crippen LogP contribution in [0.5, 0.6) is 5.75 Å². The van der Waals surface area contributed by atoms with Gasteiger partial charge in [0.25, 0.3) is 0 Å². The number of rotatable bonds is 7. The highest BCUT2D eigenvalue weighted by Crippen LogP contribution is 2.30. The van der Waals surface area contributed by atoms with Crippen molar-refractivity contribution in [3.8, 4) is 5.75 Å². The number of ether oxygens (including phenoxy) is 2. The average molecular weight is 332 g/mol. The van der Waals surface area contributed by atoms with Gasteiger partial charge in [0.15, 0.2) is 0 Å². The molecule has 0 radical (unpaired) electrons. The van der Waals surface area contributed by atoms with E-state index in [0.717, 1.165) is 51.5 Å². The Kier molecular flexibility index (Phi) is 6.52. The van der Waals surface area contributed by atoms with Crippen LogP contribution in [0.4, 0.5) is 0 Å². The molecule has 1 aromatic rings. The molecule has 4 nitrogen and oxygen atoms in total. The van der Waals surface area contributed by atoms with E-state index >= 15 is 0 Å². The molecule has 2 saturated heterocycles. The molecule has 2 aliphatic rings. The lowest BCUT2D eigenvalue weighted by Gasteiger charge is -2.48. The van der Waals surface area contributed by atoms with Crippen molar-refractivity contribution in [1.82, 2.24) is 10.2 Å². The Bertz CT molecular complexity index is 477. The van der Waals surface area contributed by atoms with Crippen molar-refractivity contribution in [2.75, 3.05) is 39.5 Å². The monoisotopic (exact) mass is 332 g/mol. The summed E-state index contributed by atoms with van der Waals surface area (Å²) in [5.74, 6) is 0.954. The lowest BCUT2D eigenvalue weighted by atomic mass is 9.86. The highest BCUT2D eigenvalue weighted by Gasteiger charge is 2.38. The quantitative estimate of drug-likeness (QED) is 0.831. The van der Waals surface area contributed by atoms with Gasteiger partial charge in [-0.25, -0.2) is 0 Å². The van der Waals surface area contributed by atoms with Crippen LogP contribution in [0.1, 0.15) is 44.6 Å². The molecule has 0 atom stereocenters. The van der Waals surface area contributed by atoms with Crippen molar-refractivity contribution in [2.24, 2.45) is 0 Å². The molecule has 0 aromatic heterocycles. The van der Waals surface area contributed by atoms with E-state index in [-0.39, 0.29) is 0 Å². The van der Waals surface area contributed by atoms with Gasteiger partial charge in [0.1, 0.15) is 5.75 Å². The molecule has 0 aliphatic carbocycles. The predicted octanol–water partition coefficient (Wildman–Crippen LogP) is 3.21. The Hall–Kier alpha value is -1.10. The zero-order valence-electron chi connectivity index (χ0n) is 15.1. The molecule has 24 heavy (non-hydrogen) atoms. The maximum atomic E-state index is 5.65. The molecule has 3 rings (SSSR count). The third-order valence-corrected chi connectivity index (χ3v) is 5.47. The smallest absolute Gasteiger partial charge is 0.119 e. The second-order valence-electron chi connectivity index (χ2n) is 7.06. The zero-order chi connectivity index (χ0) is 16.7. The molecule has 0 unspecified atom stereocenters. The first-order valence-electron chi connectivity index (χ1n) is 9.58. The van der Waals surface area contributed by atoms with E-state index in [4.69, 9.17) is 9.47 Å². The van der Waals surface area contributed by atoms with Crippen molar-refractivity contribution in [3.05, 3.63) is 29.8 Å². The fourth-order valence-electron chi connectivity index (χ4n) is 4.03. The maximum absolute atomic E-state index is 5.65. The van der Waals surface area contributed by atoms with E-state index in [2.05, 4.69) is 34.5 Å². The third kappa shape index (κ3) is 4.50. The van der Waals surface area contributed by atoms with Gasteiger partial charge in [0, 0.05) is 31.8 Å². The minimum Gasteiger partial charge on any atom is -0.494 e. The van der Waals surface area contributed by atoms with E-state index in [0.29, 0.717) is 5.54 Å². The van der Waals surface area contributed by atoms with Gasteiger partial charge in [-0.3, -0.25) is 4.90 Å². The van der Waals surface area contributed by atoms with Gasteiger partial charge in [-0.2, -0.15) is 0 Å². The van der Waals surface area contributed by atoms with Crippen LogP contribution in [0.25, 0.3) is 0 Å². The molecule has 4 heteroatoms. The average Bonchev–Trinajstić information content (AvgIpc) is 2.65. The lowest BCUT2D eigenvalue weighted by molar-refractivity contribution is -0.0358. The molecular formula is C20H32N2O2. The molecule has 0 bridgehead atoms. The normalized spacial score (nSPS) is 21.5. The Labute approximate surface area is 146 Å². The largest absolute Gasteiger partial charge is 0.494 e. The van der Waals surface area contributed by atoms with E-state index in [1.807, 2.05) is 6.92 Å². The van der Waals surface area contributed by atoms with Crippen LogP contribution in [0, 0.1) is 0 Å². The number of nitrogens with one attached hydrogen (secondary N) is 1. The summed E-state index contributed by atoms with van der Waals surface area (Å²) >= 11 is 0. The number of hydrogen-bond acceptors (Lipinski definition) is 4. The number of benzene rings is 1. The SMILES string of the molecule is CCOc1ccc(CNCC2(N3CCCCC3)CCOCC2)cc1. The highest BCUT2D eigenvalue weighted by atomic mass is 16.5. The first-order chi connectivity index (χ1) is 11.8. The fraction of sp³-hybridized carbons (Fsp3) is 0.700. The van der Waals surface area contributed by atoms with Gasteiger partial charge >= 0.3 is 0 Å². The summed E-state index contributed by atoms with van der Waals surface area (Å²) in [4.78, 5) is 2.74. The first-order valence-corrected chi connectivity index (χ1v) is 9.58. The minimum atomic E-state index is 0.296. The standard InChI is InChI=1S/C20H32N2O2/c1-2-24-19-8-6-18(7-9-19)16-21-17-20(10-14-23-15-11-20)22-12-4-3-5-13-22/h6-9,21H,2-5,10-17H2,1H3. The summed E-state index contributed by atoms with van der Waals surface area (Å²) in [5, 5.41) is 3.72. The molecule has 0 spiro atoms. The van der Waals surface area contributed by atoms with Crippen LogP contribution in [0.3, 0.4) is 0 Å². The Morgan fingerprint density at radius 1 is 1.08 bits per heavy atom. The summed E-state index contributed by atoms with van der Waals surface area (Å²) in [6.07, 6.45) is 6.40. The zero-order valence-corrected chi connectivity index (χ0v) is 15.1. The van der Waals surface area contributed by atoms with Gasteiger partial charge in [-0.05, 0) is 63.4 Å². The second-order valence-corrected chi connectivity index (χ2v) is 7.06. The topological polar surface area (TPSA) is 33.7 Å². The number of piperidine rings is 1. The predicted molar refractivity (Wildman–Crippen MR) is 97.5 cm³/mol. The van der Waals surface area contributed by atoms with Gasteiger partial charge < -0.3 is 14.8 Å². The van der Waals surface area contributed by atoms with Crippen LogP contribution < -0.4 is 10.1 Å². The summed E-state index contributed by atoms with van der Waals surface area (Å²) in [6.45, 7) is 9.03. The number of nitrogens with zero attached hydrogens (tertiary/aromatic N) is 1. The molecule has 134 valence electrons. The first kappa shape index (κ1) is 17.7. The highest BCUT2D eigenvalue weighted by molar-refractivity contribution is 5.27. The van der Waals surface area contributed by atoms with Gasteiger partial charge in [-0.1, -0.05) is 18.6 Å². The molecular weight excluding hydrogens is 300 g/mol. The third-order valence-electron chi connectivity index (χ3n) is 5.47. The molecule has 2 heterocycles. The van der Waals surface area contributed by atoms with E-state index in [1.54, 1.807) is 0 Å². The maximum Gasteiger partial charge on any atom is 0.119 e. The number of likely N-dealkylation sites (tertiary alicyclic amines) is 1. The van der Waals surface area contributed by atoms with Crippen molar-refractivity contribution < 1.29 is 9.47 Å². The van der Waals surface area contributed by atoms with Crippen LogP contribution in [0.2, 0.25) is 0 Å². The number of hydrogen-bond donors (Lipinski definition) is 1. The lowest BCUT2D eigenvalue weighted by Crippen LogP contribution is -2.59. The van der Waals surface area contributed by atoms with Crippen LogP contribution in [-0.2, 0) is 11.3 Å². The van der Waals surface area contributed by atoms with Gasteiger partial charge in [0.05, 0.1) is 6.61 Å². The Balaban J connectivity index is 1.55. The summed E-state index contributed by atoms with van der Waals surface area (Å²) in [5.41, 5.74) is 1.61. The fourth-order valence-corrected chi connectivity index (χ4v) is 4.03. The van der Waals surface area contributed by atoms with Crippen LogP contribution >= 0.6 is 0 Å². The van der Waals surface area contributed by atoms with Crippen molar-refractivity contribution in [2.45, 2.75) is 51.1 Å². The summed E-state index contributed by atoms with van der Waals surface area (Å²) < 4.78 is 11.2. The van der Waals surface area contributed by atoms with Gasteiger partial charge in [0.2, 0.25) is 0 Å². The Morgan fingerprint density at radius 3 is 2.46 bits per heavy atom. The Morgan fingerprint density at radius 2 is 1.79 bits per heavy atom. The van der Waals surface area contributed by atoms with Crippen LogP contribution in [0.15, 0.2) is 24.3 Å². The van der Waals surface area contributed by atoms with Crippen molar-refractivity contribution in [1.29, 1.82) is 0 Å². The molecule has 1 N–H and O–H groups in total.